The van der Waals surface area contributed by atoms with E-state index in [4.69, 9.17) is 5.73 Å². The number of nitrogens with one attached hydrogen (secondary N) is 1. The highest BCUT2D eigenvalue weighted by atomic mass is 15.3. The Morgan fingerprint density at radius 1 is 1.31 bits per heavy atom. The molecule has 1 aromatic heterocycles. The summed E-state index contributed by atoms with van der Waals surface area (Å²) < 4.78 is 0. The van der Waals surface area contributed by atoms with Crippen molar-refractivity contribution in [3.63, 3.8) is 0 Å². The number of aromatic nitrogens is 3. The van der Waals surface area contributed by atoms with E-state index in [1.54, 1.807) is 0 Å². The molecule has 0 aromatic carbocycles. The lowest BCUT2D eigenvalue weighted by Gasteiger charge is -2.29. The molecule has 0 amide bonds. The number of nitrogens with zero attached hydrogens (tertiary/aromatic N) is 3. The molecule has 1 aromatic rings. The van der Waals surface area contributed by atoms with Crippen molar-refractivity contribution in [3.8, 4) is 0 Å². The van der Waals surface area contributed by atoms with E-state index in [0.717, 1.165) is 11.4 Å². The maximum atomic E-state index is 5.83. The van der Waals surface area contributed by atoms with Gasteiger partial charge in [-0.05, 0) is 39.5 Å². The fourth-order valence-corrected chi connectivity index (χ4v) is 1.81. The highest BCUT2D eigenvalue weighted by Gasteiger charge is 2.41. The van der Waals surface area contributed by atoms with Crippen molar-refractivity contribution in [1.82, 2.24) is 15.2 Å². The van der Waals surface area contributed by atoms with Gasteiger partial charge in [-0.2, -0.15) is 5.10 Å². The van der Waals surface area contributed by atoms with Gasteiger partial charge in [0, 0.05) is 6.54 Å². The van der Waals surface area contributed by atoms with Crippen LogP contribution in [0.1, 0.15) is 31.2 Å². The van der Waals surface area contributed by atoms with Crippen LogP contribution >= 0.6 is 0 Å². The monoisotopic (exact) mass is 221 g/mol. The summed E-state index contributed by atoms with van der Waals surface area (Å²) in [7, 11) is 0. The van der Waals surface area contributed by atoms with Crippen molar-refractivity contribution in [2.75, 3.05) is 11.9 Å². The third-order valence-electron chi connectivity index (χ3n) is 3.39. The molecule has 0 radical (unpaired) electrons. The molecule has 1 heterocycles. The number of hydrogen-bond acceptors (Lipinski definition) is 5. The van der Waals surface area contributed by atoms with Gasteiger partial charge in [-0.15, -0.1) is 5.10 Å². The maximum absolute atomic E-state index is 5.83. The van der Waals surface area contributed by atoms with Crippen molar-refractivity contribution in [3.05, 3.63) is 11.4 Å². The summed E-state index contributed by atoms with van der Waals surface area (Å²) in [5, 5.41) is 11.4. The Morgan fingerprint density at radius 3 is 2.50 bits per heavy atom. The van der Waals surface area contributed by atoms with Crippen molar-refractivity contribution in [2.24, 2.45) is 11.7 Å². The molecule has 1 unspecified atom stereocenters. The first kappa shape index (κ1) is 11.3. The van der Waals surface area contributed by atoms with E-state index in [2.05, 4.69) is 27.4 Å². The van der Waals surface area contributed by atoms with E-state index in [9.17, 15) is 0 Å². The molecule has 1 atom stereocenters. The van der Waals surface area contributed by atoms with Crippen LogP contribution in [0.15, 0.2) is 0 Å². The fraction of sp³-hybridized carbons (Fsp3) is 0.727. The highest BCUT2D eigenvalue weighted by Crippen LogP contribution is 2.40. The molecule has 5 heteroatoms. The van der Waals surface area contributed by atoms with Gasteiger partial charge in [-0.25, -0.2) is 4.98 Å². The molecule has 16 heavy (non-hydrogen) atoms. The molecule has 1 aliphatic carbocycles. The summed E-state index contributed by atoms with van der Waals surface area (Å²) in [6.07, 6.45) is 2.47. The lowest BCUT2D eigenvalue weighted by atomic mass is 9.96. The van der Waals surface area contributed by atoms with Crippen LogP contribution in [0.25, 0.3) is 0 Å². The maximum Gasteiger partial charge on any atom is 0.243 e. The second-order valence-electron chi connectivity index (χ2n) is 4.83. The minimum Gasteiger partial charge on any atom is -0.346 e. The number of aryl methyl sites for hydroxylation is 2. The number of anilines is 1. The normalized spacial score (nSPS) is 19.2. The van der Waals surface area contributed by atoms with E-state index in [-0.39, 0.29) is 5.54 Å². The van der Waals surface area contributed by atoms with Gasteiger partial charge in [-0.3, -0.25) is 0 Å². The molecule has 0 spiro atoms. The van der Waals surface area contributed by atoms with Crippen LogP contribution in [0.4, 0.5) is 5.95 Å². The second kappa shape index (κ2) is 3.97. The van der Waals surface area contributed by atoms with Crippen LogP contribution < -0.4 is 11.1 Å². The van der Waals surface area contributed by atoms with Crippen LogP contribution in [0.5, 0.6) is 0 Å². The van der Waals surface area contributed by atoms with Gasteiger partial charge in [0.05, 0.1) is 16.9 Å². The summed E-state index contributed by atoms with van der Waals surface area (Å²) in [4.78, 5) is 4.38. The molecule has 5 nitrogen and oxygen atoms in total. The fourth-order valence-electron chi connectivity index (χ4n) is 1.81. The summed E-state index contributed by atoms with van der Waals surface area (Å²) in [5.74, 6) is 1.23. The SMILES string of the molecule is Cc1nnc(NC(C)(CN)C2CC2)nc1C. The molecule has 88 valence electrons. The third kappa shape index (κ3) is 2.14. The molecule has 3 N–H and O–H groups in total. The Morgan fingerprint density at radius 2 is 2.00 bits per heavy atom. The third-order valence-corrected chi connectivity index (χ3v) is 3.39. The molecule has 0 bridgehead atoms. The molecule has 0 aliphatic heterocycles. The standard InChI is InChI=1S/C11H19N5/c1-7-8(2)15-16-10(13-7)14-11(3,6-12)9-4-5-9/h9H,4-6,12H2,1-3H3,(H,13,14,16). The van der Waals surface area contributed by atoms with Crippen LogP contribution in [0.3, 0.4) is 0 Å². The van der Waals surface area contributed by atoms with Gasteiger partial charge >= 0.3 is 0 Å². The summed E-state index contributed by atoms with van der Waals surface area (Å²) in [5.41, 5.74) is 7.51. The van der Waals surface area contributed by atoms with Crippen LogP contribution in [-0.2, 0) is 0 Å². The second-order valence-corrected chi connectivity index (χ2v) is 4.83. The van der Waals surface area contributed by atoms with E-state index >= 15 is 0 Å². The molecule has 1 aliphatic rings. The zero-order chi connectivity index (χ0) is 11.8. The average Bonchev–Trinajstić information content (AvgIpc) is 3.07. The Balaban J connectivity index is 2.15. The molecular formula is C11H19N5. The largest absolute Gasteiger partial charge is 0.346 e. The zero-order valence-corrected chi connectivity index (χ0v) is 10.1. The predicted molar refractivity (Wildman–Crippen MR) is 63.1 cm³/mol. The van der Waals surface area contributed by atoms with Crippen molar-refractivity contribution < 1.29 is 0 Å². The molecule has 1 fully saturated rings. The van der Waals surface area contributed by atoms with Gasteiger partial charge in [0.15, 0.2) is 0 Å². The van der Waals surface area contributed by atoms with Gasteiger partial charge in [-0.1, -0.05) is 0 Å². The summed E-state index contributed by atoms with van der Waals surface area (Å²) in [6, 6.07) is 0. The van der Waals surface area contributed by atoms with Crippen LogP contribution in [0.2, 0.25) is 0 Å². The predicted octanol–water partition coefficient (Wildman–Crippen LogP) is 1.03. The quantitative estimate of drug-likeness (QED) is 0.794. The van der Waals surface area contributed by atoms with Gasteiger partial charge in [0.25, 0.3) is 0 Å². The van der Waals surface area contributed by atoms with Crippen molar-refractivity contribution in [1.29, 1.82) is 0 Å². The van der Waals surface area contributed by atoms with E-state index < -0.39 is 0 Å². The smallest absolute Gasteiger partial charge is 0.243 e. The average molecular weight is 221 g/mol. The van der Waals surface area contributed by atoms with Crippen molar-refractivity contribution in [2.45, 2.75) is 39.2 Å². The van der Waals surface area contributed by atoms with E-state index in [0.29, 0.717) is 18.4 Å². The minimum atomic E-state index is -0.0939. The van der Waals surface area contributed by atoms with E-state index in [1.165, 1.54) is 12.8 Å². The molecule has 1 saturated carbocycles. The minimum absolute atomic E-state index is 0.0939. The number of hydrogen-bond donors (Lipinski definition) is 2. The first-order chi connectivity index (χ1) is 7.55. The Kier molecular flexibility index (Phi) is 2.80. The Bertz CT molecular complexity index is 388. The zero-order valence-electron chi connectivity index (χ0n) is 10.1. The topological polar surface area (TPSA) is 76.7 Å². The lowest BCUT2D eigenvalue weighted by Crippen LogP contribution is -2.45. The summed E-state index contributed by atoms with van der Waals surface area (Å²) >= 11 is 0. The van der Waals surface area contributed by atoms with Gasteiger partial charge in [0.1, 0.15) is 0 Å². The molecular weight excluding hydrogens is 202 g/mol. The summed E-state index contributed by atoms with van der Waals surface area (Å²) in [6.45, 7) is 6.56. The number of rotatable bonds is 4. The van der Waals surface area contributed by atoms with Gasteiger partial charge in [0.2, 0.25) is 5.95 Å². The molecule has 0 saturated heterocycles. The first-order valence-electron chi connectivity index (χ1n) is 5.71. The van der Waals surface area contributed by atoms with Crippen molar-refractivity contribution >= 4 is 5.95 Å². The number of nitrogens with two attached hydrogens (primary N) is 1. The van der Waals surface area contributed by atoms with Crippen LogP contribution in [-0.4, -0.2) is 27.3 Å². The first-order valence-corrected chi connectivity index (χ1v) is 5.71. The van der Waals surface area contributed by atoms with Crippen LogP contribution in [0, 0.1) is 19.8 Å². The Hall–Kier alpha value is -1.23. The Labute approximate surface area is 95.9 Å². The lowest BCUT2D eigenvalue weighted by molar-refractivity contribution is 0.454. The van der Waals surface area contributed by atoms with Gasteiger partial charge < -0.3 is 11.1 Å². The molecule has 2 rings (SSSR count). The van der Waals surface area contributed by atoms with E-state index in [1.807, 2.05) is 13.8 Å². The highest BCUT2D eigenvalue weighted by molar-refractivity contribution is 5.31.